The van der Waals surface area contributed by atoms with E-state index in [4.69, 9.17) is 11.6 Å². The summed E-state index contributed by atoms with van der Waals surface area (Å²) in [7, 11) is 0. The van der Waals surface area contributed by atoms with E-state index in [-0.39, 0.29) is 6.54 Å². The van der Waals surface area contributed by atoms with E-state index in [1.165, 1.54) is 0 Å². The third-order valence-electron chi connectivity index (χ3n) is 2.39. The van der Waals surface area contributed by atoms with Crippen LogP contribution in [-0.2, 0) is 6.54 Å². The minimum atomic E-state index is -0.863. The monoisotopic (exact) mass is 271 g/mol. The lowest BCUT2D eigenvalue weighted by Gasteiger charge is -2.24. The highest BCUT2D eigenvalue weighted by Crippen LogP contribution is 2.26. The maximum atomic E-state index is 11.5. The van der Waals surface area contributed by atoms with Gasteiger partial charge in [0.2, 0.25) is 0 Å². The molecule has 1 rings (SSSR count). The van der Waals surface area contributed by atoms with Crippen LogP contribution in [0.5, 0.6) is 0 Å². The van der Waals surface area contributed by atoms with Crippen LogP contribution in [0.1, 0.15) is 12.8 Å². The average Bonchev–Trinajstić information content (AvgIpc) is 2.24. The molecule has 0 radical (unpaired) electrons. The second kappa shape index (κ2) is 5.68. The smallest absolute Gasteiger partial charge is 0.259 e. The second-order valence-corrected chi connectivity index (χ2v) is 4.71. The van der Waals surface area contributed by atoms with Crippen molar-refractivity contribution in [2.75, 3.05) is 0 Å². The molecule has 18 heavy (non-hydrogen) atoms. The normalized spacial score (nSPS) is 11.2. The maximum Gasteiger partial charge on any atom is 0.333 e. The van der Waals surface area contributed by atoms with Gasteiger partial charge in [-0.15, -0.1) is 24.8 Å². The van der Waals surface area contributed by atoms with Crippen molar-refractivity contribution in [1.29, 1.82) is 0 Å². The second-order valence-electron chi connectivity index (χ2n) is 3.91. The summed E-state index contributed by atoms with van der Waals surface area (Å²) in [6.45, 7) is 7.11. The highest BCUT2D eigenvalue weighted by atomic mass is 35.5. The van der Waals surface area contributed by atoms with Crippen LogP contribution in [0.2, 0.25) is 0 Å². The van der Waals surface area contributed by atoms with Gasteiger partial charge >= 0.3 is 17.1 Å². The molecule has 7 heteroatoms. The fourth-order valence-electron chi connectivity index (χ4n) is 1.61. The van der Waals surface area contributed by atoms with Crippen molar-refractivity contribution < 1.29 is 0 Å². The number of H-pyrrole nitrogens is 2. The molecule has 0 atom stereocenters. The number of halogens is 1. The standard InChI is InChI=1S/C11H14ClN3O3/c1-3-5-11(12,6-4-2)7-15-9(17)13-8(16)14-10(15)18/h3-4H,1-2,5-7H2,(H2,13,14,16,17,18). The molecule has 0 saturated heterocycles. The molecule has 1 aromatic rings. The first kappa shape index (κ1) is 14.2. The molecule has 0 spiro atoms. The third kappa shape index (κ3) is 3.33. The van der Waals surface area contributed by atoms with Crippen molar-refractivity contribution in [3.05, 3.63) is 56.8 Å². The van der Waals surface area contributed by atoms with E-state index in [1.54, 1.807) is 12.2 Å². The largest absolute Gasteiger partial charge is 0.333 e. The summed E-state index contributed by atoms with van der Waals surface area (Å²) in [6, 6.07) is 0. The molecular weight excluding hydrogens is 258 g/mol. The summed E-state index contributed by atoms with van der Waals surface area (Å²) >= 11 is 6.31. The molecule has 0 aliphatic rings. The van der Waals surface area contributed by atoms with Crippen LogP contribution in [0, 0.1) is 0 Å². The van der Waals surface area contributed by atoms with E-state index < -0.39 is 21.9 Å². The first-order valence-electron chi connectivity index (χ1n) is 5.26. The molecule has 0 saturated carbocycles. The zero-order valence-corrected chi connectivity index (χ0v) is 10.5. The molecule has 2 N–H and O–H groups in total. The number of hydrogen-bond donors (Lipinski definition) is 2. The summed E-state index contributed by atoms with van der Waals surface area (Å²) in [6.07, 6.45) is 3.99. The van der Waals surface area contributed by atoms with Crippen molar-refractivity contribution in [3.63, 3.8) is 0 Å². The van der Waals surface area contributed by atoms with Crippen LogP contribution in [0.25, 0.3) is 0 Å². The summed E-state index contributed by atoms with van der Waals surface area (Å²) in [5.41, 5.74) is -2.42. The predicted octanol–water partition coefficient (Wildman–Crippen LogP) is 0.355. The Hall–Kier alpha value is -1.82. The first-order valence-corrected chi connectivity index (χ1v) is 5.64. The lowest BCUT2D eigenvalue weighted by molar-refractivity contribution is 0.456. The van der Waals surface area contributed by atoms with Crippen LogP contribution in [-0.4, -0.2) is 19.4 Å². The fourth-order valence-corrected chi connectivity index (χ4v) is 1.95. The number of aromatic amines is 2. The lowest BCUT2D eigenvalue weighted by atomic mass is 10.0. The quantitative estimate of drug-likeness (QED) is 0.578. The minimum Gasteiger partial charge on any atom is -0.259 e. The van der Waals surface area contributed by atoms with E-state index in [2.05, 4.69) is 13.2 Å². The number of nitrogens with one attached hydrogen (secondary N) is 2. The summed E-state index contributed by atoms with van der Waals surface area (Å²) in [5, 5.41) is 0. The zero-order chi connectivity index (χ0) is 13.8. The van der Waals surface area contributed by atoms with Crippen LogP contribution >= 0.6 is 11.6 Å². The van der Waals surface area contributed by atoms with Crippen molar-refractivity contribution in [2.24, 2.45) is 0 Å². The lowest BCUT2D eigenvalue weighted by Crippen LogP contribution is -2.47. The molecule has 1 aromatic heterocycles. The summed E-state index contributed by atoms with van der Waals surface area (Å²) in [5.74, 6) is 0. The van der Waals surface area contributed by atoms with E-state index in [9.17, 15) is 14.4 Å². The topological polar surface area (TPSA) is 87.7 Å². The van der Waals surface area contributed by atoms with Crippen molar-refractivity contribution in [1.82, 2.24) is 14.5 Å². The van der Waals surface area contributed by atoms with E-state index in [1.807, 2.05) is 9.97 Å². The van der Waals surface area contributed by atoms with Gasteiger partial charge in [0.15, 0.2) is 0 Å². The van der Waals surface area contributed by atoms with Gasteiger partial charge in [-0.25, -0.2) is 19.0 Å². The van der Waals surface area contributed by atoms with Gasteiger partial charge < -0.3 is 0 Å². The molecular formula is C11H14ClN3O3. The van der Waals surface area contributed by atoms with Gasteiger partial charge in [0.25, 0.3) is 0 Å². The first-order chi connectivity index (χ1) is 8.41. The van der Waals surface area contributed by atoms with Gasteiger partial charge in [-0.3, -0.25) is 9.97 Å². The minimum absolute atomic E-state index is 0.0441. The Morgan fingerprint density at radius 3 is 1.94 bits per heavy atom. The van der Waals surface area contributed by atoms with Crippen molar-refractivity contribution in [3.8, 4) is 0 Å². The Bertz CT molecular complexity index is 567. The molecule has 0 amide bonds. The SMILES string of the molecule is C=CCC(Cl)(CC=C)Cn1c(=O)[nH]c(=O)[nH]c1=O. The number of rotatable bonds is 6. The van der Waals surface area contributed by atoms with E-state index in [0.717, 1.165) is 4.57 Å². The van der Waals surface area contributed by atoms with Crippen molar-refractivity contribution >= 4 is 11.6 Å². The molecule has 0 fully saturated rings. The van der Waals surface area contributed by atoms with Gasteiger partial charge in [-0.05, 0) is 12.8 Å². The van der Waals surface area contributed by atoms with Crippen LogP contribution in [0.15, 0.2) is 39.7 Å². The predicted molar refractivity (Wildman–Crippen MR) is 70.2 cm³/mol. The zero-order valence-electron chi connectivity index (χ0n) is 9.74. The van der Waals surface area contributed by atoms with Crippen LogP contribution in [0.3, 0.4) is 0 Å². The van der Waals surface area contributed by atoms with Crippen LogP contribution < -0.4 is 17.1 Å². The molecule has 0 aliphatic carbocycles. The van der Waals surface area contributed by atoms with Gasteiger partial charge in [-0.1, -0.05) is 12.2 Å². The molecule has 0 unspecified atom stereocenters. The summed E-state index contributed by atoms with van der Waals surface area (Å²) in [4.78, 5) is 37.0. The van der Waals surface area contributed by atoms with Crippen LogP contribution in [0.4, 0.5) is 0 Å². The third-order valence-corrected chi connectivity index (χ3v) is 2.82. The van der Waals surface area contributed by atoms with Crippen molar-refractivity contribution in [2.45, 2.75) is 24.3 Å². The molecule has 0 aliphatic heterocycles. The Morgan fingerprint density at radius 1 is 1.11 bits per heavy atom. The molecule has 0 bridgehead atoms. The van der Waals surface area contributed by atoms with Gasteiger partial charge in [0, 0.05) is 0 Å². The highest BCUT2D eigenvalue weighted by molar-refractivity contribution is 6.24. The molecule has 6 nitrogen and oxygen atoms in total. The van der Waals surface area contributed by atoms with Gasteiger partial charge in [0.05, 0.1) is 11.4 Å². The maximum absolute atomic E-state index is 11.5. The van der Waals surface area contributed by atoms with Gasteiger partial charge in [0.1, 0.15) is 0 Å². The molecule has 1 heterocycles. The Balaban J connectivity index is 3.20. The van der Waals surface area contributed by atoms with E-state index >= 15 is 0 Å². The Labute approximate surface area is 108 Å². The molecule has 0 aromatic carbocycles. The fraction of sp³-hybridized carbons (Fsp3) is 0.364. The molecule has 98 valence electrons. The number of hydrogen-bond acceptors (Lipinski definition) is 3. The highest BCUT2D eigenvalue weighted by Gasteiger charge is 2.26. The number of aromatic nitrogens is 3. The van der Waals surface area contributed by atoms with Gasteiger partial charge in [-0.2, -0.15) is 0 Å². The van der Waals surface area contributed by atoms with E-state index in [0.29, 0.717) is 12.8 Å². The Kier molecular flexibility index (Phi) is 4.49. The summed E-state index contributed by atoms with van der Waals surface area (Å²) < 4.78 is 0.849. The number of alkyl halides is 1. The average molecular weight is 272 g/mol. The Morgan fingerprint density at radius 2 is 1.56 bits per heavy atom. The number of allylic oxidation sites excluding steroid dienone is 2. The number of nitrogens with zero attached hydrogens (tertiary/aromatic N) is 1.